The predicted molar refractivity (Wildman–Crippen MR) is 113 cm³/mol. The van der Waals surface area contributed by atoms with Gasteiger partial charge in [-0.25, -0.2) is 12.7 Å². The Morgan fingerprint density at radius 1 is 1.17 bits per heavy atom. The van der Waals surface area contributed by atoms with E-state index in [1.807, 2.05) is 55.1 Å². The predicted octanol–water partition coefficient (Wildman–Crippen LogP) is 2.34. The van der Waals surface area contributed by atoms with E-state index in [-0.39, 0.29) is 24.2 Å². The first-order valence-corrected chi connectivity index (χ1v) is 11.7. The lowest BCUT2D eigenvalue weighted by atomic mass is 10.1. The van der Waals surface area contributed by atoms with E-state index < -0.39 is 10.0 Å². The first-order chi connectivity index (χ1) is 13.8. The molecule has 1 fully saturated rings. The Balaban J connectivity index is 1.60. The van der Waals surface area contributed by atoms with Crippen molar-refractivity contribution < 1.29 is 13.2 Å². The van der Waals surface area contributed by atoms with Crippen molar-refractivity contribution in [1.29, 1.82) is 0 Å². The molecule has 8 heteroatoms. The van der Waals surface area contributed by atoms with Crippen LogP contribution in [-0.2, 0) is 27.1 Å². The number of aryl methyl sites for hydroxylation is 2. The molecule has 3 rings (SSSR count). The summed E-state index contributed by atoms with van der Waals surface area (Å²) in [6.07, 6.45) is 2.19. The standard InChI is InChI=1S/C21H30N4O3S/c1-17-14-18(2)25(22-17)15-21(26)24-12-7-10-20(11-13-24)23(3)29(27,28)16-19-8-5-4-6-9-19/h4-6,8-9,14,20H,7,10-13,15-16H2,1-3H3/t20-/m0/s1. The highest BCUT2D eigenvalue weighted by molar-refractivity contribution is 7.88. The number of aromatic nitrogens is 2. The van der Waals surface area contributed by atoms with Gasteiger partial charge in [-0.2, -0.15) is 5.10 Å². The zero-order chi connectivity index (χ0) is 21.0. The second kappa shape index (κ2) is 9.09. The molecule has 1 amide bonds. The van der Waals surface area contributed by atoms with Gasteiger partial charge in [0.25, 0.3) is 0 Å². The van der Waals surface area contributed by atoms with E-state index in [2.05, 4.69) is 5.10 Å². The summed E-state index contributed by atoms with van der Waals surface area (Å²) in [5, 5.41) is 4.37. The number of nitrogens with zero attached hydrogens (tertiary/aromatic N) is 4. The van der Waals surface area contributed by atoms with Crippen molar-refractivity contribution in [1.82, 2.24) is 19.0 Å². The second-order valence-corrected chi connectivity index (χ2v) is 9.84. The summed E-state index contributed by atoms with van der Waals surface area (Å²) in [4.78, 5) is 14.6. The Labute approximate surface area is 173 Å². The van der Waals surface area contributed by atoms with Gasteiger partial charge in [-0.1, -0.05) is 30.3 Å². The summed E-state index contributed by atoms with van der Waals surface area (Å²) < 4.78 is 28.9. The number of benzene rings is 1. The minimum Gasteiger partial charge on any atom is -0.341 e. The van der Waals surface area contributed by atoms with Crippen LogP contribution in [-0.4, -0.2) is 59.5 Å². The quantitative estimate of drug-likeness (QED) is 0.722. The Kier molecular flexibility index (Phi) is 6.74. The maximum atomic E-state index is 12.8. The molecular weight excluding hydrogens is 388 g/mol. The normalized spacial score (nSPS) is 18.1. The molecule has 1 aliphatic heterocycles. The highest BCUT2D eigenvalue weighted by Crippen LogP contribution is 2.21. The van der Waals surface area contributed by atoms with Crippen LogP contribution in [0.2, 0.25) is 0 Å². The maximum absolute atomic E-state index is 12.8. The molecule has 1 saturated heterocycles. The molecular formula is C21H30N4O3S. The topological polar surface area (TPSA) is 75.5 Å². The molecule has 0 N–H and O–H groups in total. The van der Waals surface area contributed by atoms with E-state index in [1.54, 1.807) is 11.7 Å². The molecule has 2 aromatic rings. The lowest BCUT2D eigenvalue weighted by Gasteiger charge is -2.27. The Morgan fingerprint density at radius 3 is 2.55 bits per heavy atom. The molecule has 7 nitrogen and oxygen atoms in total. The third-order valence-corrected chi connectivity index (χ3v) is 7.46. The molecule has 1 aromatic heterocycles. The number of likely N-dealkylation sites (tertiary alicyclic amines) is 1. The number of amides is 1. The highest BCUT2D eigenvalue weighted by Gasteiger charge is 2.29. The molecule has 0 radical (unpaired) electrons. The summed E-state index contributed by atoms with van der Waals surface area (Å²) in [6.45, 7) is 5.30. The Bertz CT molecular complexity index is 940. The number of sulfonamides is 1. The average molecular weight is 419 g/mol. The van der Waals surface area contributed by atoms with Gasteiger partial charge in [-0.3, -0.25) is 9.48 Å². The largest absolute Gasteiger partial charge is 0.341 e. The van der Waals surface area contributed by atoms with E-state index in [9.17, 15) is 13.2 Å². The van der Waals surface area contributed by atoms with Crippen LogP contribution in [0.25, 0.3) is 0 Å². The Hall–Kier alpha value is -2.19. The molecule has 1 aliphatic rings. The van der Waals surface area contributed by atoms with Crippen LogP contribution in [0.15, 0.2) is 36.4 Å². The molecule has 0 aliphatic carbocycles. The fourth-order valence-electron chi connectivity index (χ4n) is 3.87. The molecule has 1 atom stereocenters. The van der Waals surface area contributed by atoms with Crippen LogP contribution < -0.4 is 0 Å². The molecule has 2 heterocycles. The van der Waals surface area contributed by atoms with Gasteiger partial charge in [-0.15, -0.1) is 0 Å². The number of carbonyl (C=O) groups is 1. The molecule has 0 spiro atoms. The van der Waals surface area contributed by atoms with Gasteiger partial charge in [0.2, 0.25) is 15.9 Å². The first-order valence-electron chi connectivity index (χ1n) is 10.0. The van der Waals surface area contributed by atoms with Gasteiger partial charge in [0.05, 0.1) is 11.4 Å². The van der Waals surface area contributed by atoms with Crippen molar-refractivity contribution in [2.75, 3.05) is 20.1 Å². The molecule has 1 aromatic carbocycles. The monoisotopic (exact) mass is 418 g/mol. The van der Waals surface area contributed by atoms with Gasteiger partial charge < -0.3 is 4.90 Å². The van der Waals surface area contributed by atoms with Crippen LogP contribution in [0.3, 0.4) is 0 Å². The average Bonchev–Trinajstić information content (AvgIpc) is 2.86. The lowest BCUT2D eigenvalue weighted by molar-refractivity contribution is -0.132. The summed E-state index contributed by atoms with van der Waals surface area (Å²) in [5.74, 6) is 0.0353. The van der Waals surface area contributed by atoms with Crippen LogP contribution in [0.1, 0.15) is 36.2 Å². The molecule has 29 heavy (non-hydrogen) atoms. The SMILES string of the molecule is Cc1cc(C)n(CC(=O)N2CCC[C@H](N(C)S(=O)(=O)Cc3ccccc3)CC2)n1. The third kappa shape index (κ3) is 5.45. The van der Waals surface area contributed by atoms with Crippen LogP contribution >= 0.6 is 0 Å². The van der Waals surface area contributed by atoms with E-state index in [0.717, 1.165) is 29.8 Å². The zero-order valence-corrected chi connectivity index (χ0v) is 18.2. The van der Waals surface area contributed by atoms with Crippen LogP contribution in [0.4, 0.5) is 0 Å². The number of carbonyl (C=O) groups excluding carboxylic acids is 1. The smallest absolute Gasteiger partial charge is 0.244 e. The fraction of sp³-hybridized carbons (Fsp3) is 0.524. The van der Waals surface area contributed by atoms with Gasteiger partial charge >= 0.3 is 0 Å². The summed E-state index contributed by atoms with van der Waals surface area (Å²) in [7, 11) is -1.74. The Morgan fingerprint density at radius 2 is 1.90 bits per heavy atom. The zero-order valence-electron chi connectivity index (χ0n) is 17.4. The molecule has 158 valence electrons. The van der Waals surface area contributed by atoms with Crippen molar-refractivity contribution in [3.8, 4) is 0 Å². The summed E-state index contributed by atoms with van der Waals surface area (Å²) >= 11 is 0. The van der Waals surface area contributed by atoms with Gasteiger partial charge in [0.15, 0.2) is 0 Å². The van der Waals surface area contributed by atoms with E-state index in [4.69, 9.17) is 0 Å². The van der Waals surface area contributed by atoms with Crippen LogP contribution in [0.5, 0.6) is 0 Å². The summed E-state index contributed by atoms with van der Waals surface area (Å²) in [6, 6.07) is 11.1. The molecule has 0 saturated carbocycles. The van der Waals surface area contributed by atoms with E-state index in [0.29, 0.717) is 19.5 Å². The van der Waals surface area contributed by atoms with Crippen molar-refractivity contribution in [3.63, 3.8) is 0 Å². The van der Waals surface area contributed by atoms with Crippen molar-refractivity contribution >= 4 is 15.9 Å². The van der Waals surface area contributed by atoms with Crippen molar-refractivity contribution in [2.45, 2.75) is 51.4 Å². The lowest BCUT2D eigenvalue weighted by Crippen LogP contribution is -2.39. The van der Waals surface area contributed by atoms with Gasteiger partial charge in [-0.05, 0) is 44.7 Å². The van der Waals surface area contributed by atoms with E-state index in [1.165, 1.54) is 4.31 Å². The first kappa shape index (κ1) is 21.5. The van der Waals surface area contributed by atoms with Crippen LogP contribution in [0, 0.1) is 13.8 Å². The van der Waals surface area contributed by atoms with E-state index >= 15 is 0 Å². The maximum Gasteiger partial charge on any atom is 0.244 e. The minimum absolute atomic E-state index is 0.00140. The van der Waals surface area contributed by atoms with Crippen molar-refractivity contribution in [3.05, 3.63) is 53.3 Å². The third-order valence-electron chi connectivity index (χ3n) is 5.58. The number of rotatable bonds is 6. The number of hydrogen-bond donors (Lipinski definition) is 0. The minimum atomic E-state index is -3.40. The fourth-order valence-corrected chi connectivity index (χ4v) is 5.35. The molecule has 0 bridgehead atoms. The highest BCUT2D eigenvalue weighted by atomic mass is 32.2. The summed E-state index contributed by atoms with van der Waals surface area (Å²) in [5.41, 5.74) is 2.65. The second-order valence-electron chi connectivity index (χ2n) is 7.81. The van der Waals surface area contributed by atoms with Gasteiger partial charge in [0.1, 0.15) is 6.54 Å². The number of hydrogen-bond acceptors (Lipinski definition) is 4. The molecule has 0 unspecified atom stereocenters. The van der Waals surface area contributed by atoms with Gasteiger partial charge in [0, 0.05) is 31.9 Å². The van der Waals surface area contributed by atoms with Crippen molar-refractivity contribution in [2.24, 2.45) is 0 Å².